The summed E-state index contributed by atoms with van der Waals surface area (Å²) in [4.78, 5) is 15.0. The molecular weight excluding hydrogens is 248 g/mol. The minimum Gasteiger partial charge on any atom is -0.338 e. The van der Waals surface area contributed by atoms with Gasteiger partial charge < -0.3 is 10.2 Å². The van der Waals surface area contributed by atoms with Crippen LogP contribution in [-0.2, 0) is 11.2 Å². The molecule has 2 aliphatic rings. The molecule has 2 saturated heterocycles. The molecule has 3 heteroatoms. The molecule has 0 saturated carbocycles. The van der Waals surface area contributed by atoms with E-state index >= 15 is 0 Å². The van der Waals surface area contributed by atoms with Crippen LogP contribution in [0.15, 0.2) is 30.3 Å². The van der Waals surface area contributed by atoms with Gasteiger partial charge in [-0.25, -0.2) is 0 Å². The first-order valence-corrected chi connectivity index (χ1v) is 7.79. The van der Waals surface area contributed by atoms with Crippen LogP contribution in [-0.4, -0.2) is 35.5 Å². The minimum absolute atomic E-state index is 0.313. The molecule has 1 N–H and O–H groups in total. The van der Waals surface area contributed by atoms with Crippen molar-refractivity contribution in [3.63, 3.8) is 0 Å². The van der Waals surface area contributed by atoms with E-state index in [-0.39, 0.29) is 5.54 Å². The summed E-state index contributed by atoms with van der Waals surface area (Å²) in [5.41, 5.74) is 1.01. The molecular formula is C17H24N2O. The highest BCUT2D eigenvalue weighted by molar-refractivity contribution is 5.86. The first-order valence-electron chi connectivity index (χ1n) is 7.79. The summed E-state index contributed by atoms with van der Waals surface area (Å²) in [5, 5.41) is 3.40. The monoisotopic (exact) mass is 272 g/mol. The van der Waals surface area contributed by atoms with Crippen molar-refractivity contribution in [2.75, 3.05) is 13.1 Å². The van der Waals surface area contributed by atoms with E-state index in [1.165, 1.54) is 5.56 Å². The van der Waals surface area contributed by atoms with Gasteiger partial charge >= 0.3 is 0 Å². The number of amides is 1. The Morgan fingerprint density at radius 2 is 2.15 bits per heavy atom. The van der Waals surface area contributed by atoms with E-state index in [0.717, 1.165) is 45.2 Å². The van der Waals surface area contributed by atoms with E-state index in [9.17, 15) is 4.79 Å². The zero-order chi connectivity index (χ0) is 14.0. The van der Waals surface area contributed by atoms with Crippen molar-refractivity contribution in [2.24, 2.45) is 0 Å². The first kappa shape index (κ1) is 13.6. The van der Waals surface area contributed by atoms with Crippen LogP contribution in [0.4, 0.5) is 0 Å². The number of carbonyl (C=O) groups excluding carboxylic acids is 1. The number of nitrogens with zero attached hydrogens (tertiary/aromatic N) is 1. The Bertz CT molecular complexity index is 465. The predicted molar refractivity (Wildman–Crippen MR) is 80.5 cm³/mol. The van der Waals surface area contributed by atoms with Gasteiger partial charge in [0.2, 0.25) is 5.91 Å². The minimum atomic E-state index is -0.320. The molecule has 0 aromatic heterocycles. The second-order valence-corrected chi connectivity index (χ2v) is 6.35. The van der Waals surface area contributed by atoms with Crippen LogP contribution < -0.4 is 5.32 Å². The molecule has 2 atom stereocenters. The third-order valence-corrected chi connectivity index (χ3v) is 4.79. The van der Waals surface area contributed by atoms with Gasteiger partial charge in [0.1, 0.15) is 0 Å². The molecule has 2 unspecified atom stereocenters. The van der Waals surface area contributed by atoms with Crippen LogP contribution in [0.5, 0.6) is 0 Å². The number of benzene rings is 1. The van der Waals surface area contributed by atoms with Crippen molar-refractivity contribution in [1.82, 2.24) is 10.2 Å². The van der Waals surface area contributed by atoms with Gasteiger partial charge in [0, 0.05) is 12.6 Å². The normalized spacial score (nSPS) is 29.9. The molecule has 0 aliphatic carbocycles. The average molecular weight is 272 g/mol. The van der Waals surface area contributed by atoms with E-state index in [1.807, 2.05) is 6.07 Å². The number of rotatable bonds is 3. The summed E-state index contributed by atoms with van der Waals surface area (Å²) in [6.45, 7) is 3.97. The molecule has 1 aromatic carbocycles. The second kappa shape index (κ2) is 5.57. The lowest BCUT2D eigenvalue weighted by atomic mass is 9.96. The molecule has 0 spiro atoms. The molecule has 3 rings (SSSR count). The molecule has 108 valence electrons. The molecule has 2 aliphatic heterocycles. The van der Waals surface area contributed by atoms with Gasteiger partial charge in [-0.1, -0.05) is 30.3 Å². The zero-order valence-electron chi connectivity index (χ0n) is 12.3. The summed E-state index contributed by atoms with van der Waals surface area (Å²) >= 11 is 0. The van der Waals surface area contributed by atoms with Crippen LogP contribution in [0.1, 0.15) is 38.2 Å². The van der Waals surface area contributed by atoms with Crippen molar-refractivity contribution in [3.8, 4) is 0 Å². The lowest BCUT2D eigenvalue weighted by Crippen LogP contribution is -2.54. The maximum Gasteiger partial charge on any atom is 0.242 e. The first-order chi connectivity index (χ1) is 9.69. The van der Waals surface area contributed by atoms with Crippen LogP contribution >= 0.6 is 0 Å². The summed E-state index contributed by atoms with van der Waals surface area (Å²) in [7, 11) is 0. The lowest BCUT2D eigenvalue weighted by Gasteiger charge is -2.33. The molecule has 2 fully saturated rings. The summed E-state index contributed by atoms with van der Waals surface area (Å²) < 4.78 is 0. The largest absolute Gasteiger partial charge is 0.338 e. The predicted octanol–water partition coefficient (Wildman–Crippen LogP) is 2.36. The Balaban J connectivity index is 1.71. The van der Waals surface area contributed by atoms with Crippen molar-refractivity contribution in [3.05, 3.63) is 35.9 Å². The molecule has 3 nitrogen and oxygen atoms in total. The summed E-state index contributed by atoms with van der Waals surface area (Å²) in [6.07, 6.45) is 5.35. The molecule has 20 heavy (non-hydrogen) atoms. The molecule has 2 heterocycles. The number of hydrogen-bond donors (Lipinski definition) is 1. The van der Waals surface area contributed by atoms with Crippen molar-refractivity contribution in [2.45, 2.75) is 50.6 Å². The second-order valence-electron chi connectivity index (χ2n) is 6.35. The molecule has 1 amide bonds. The quantitative estimate of drug-likeness (QED) is 0.916. The maximum absolute atomic E-state index is 12.8. The van der Waals surface area contributed by atoms with Gasteiger partial charge in [-0.15, -0.1) is 0 Å². The number of likely N-dealkylation sites (tertiary alicyclic amines) is 1. The summed E-state index contributed by atoms with van der Waals surface area (Å²) in [6, 6.07) is 10.9. The van der Waals surface area contributed by atoms with Gasteiger partial charge in [-0.2, -0.15) is 0 Å². The van der Waals surface area contributed by atoms with E-state index in [4.69, 9.17) is 0 Å². The van der Waals surface area contributed by atoms with E-state index < -0.39 is 0 Å². The average Bonchev–Trinajstić information content (AvgIpc) is 3.09. The van der Waals surface area contributed by atoms with Gasteiger partial charge in [-0.3, -0.25) is 4.79 Å². The van der Waals surface area contributed by atoms with Gasteiger partial charge in [0.05, 0.1) is 5.54 Å². The maximum atomic E-state index is 12.8. The van der Waals surface area contributed by atoms with Crippen molar-refractivity contribution >= 4 is 5.91 Å². The van der Waals surface area contributed by atoms with E-state index in [2.05, 4.69) is 41.4 Å². The molecule has 1 aromatic rings. The van der Waals surface area contributed by atoms with E-state index in [1.54, 1.807) is 0 Å². The van der Waals surface area contributed by atoms with Crippen LogP contribution in [0.3, 0.4) is 0 Å². The Kier molecular flexibility index (Phi) is 3.79. The van der Waals surface area contributed by atoms with Crippen LogP contribution in [0.25, 0.3) is 0 Å². The SMILES string of the molecule is CC1(C(=O)N2CCCC2Cc2ccccc2)CCCN1. The van der Waals surface area contributed by atoms with Crippen molar-refractivity contribution < 1.29 is 4.79 Å². The third kappa shape index (κ3) is 2.59. The highest BCUT2D eigenvalue weighted by atomic mass is 16.2. The van der Waals surface area contributed by atoms with Crippen LogP contribution in [0, 0.1) is 0 Å². The number of carbonyl (C=O) groups is 1. The smallest absolute Gasteiger partial charge is 0.242 e. The van der Waals surface area contributed by atoms with Gasteiger partial charge in [-0.05, 0) is 51.1 Å². The Hall–Kier alpha value is -1.35. The number of hydrogen-bond acceptors (Lipinski definition) is 2. The summed E-state index contributed by atoms with van der Waals surface area (Å²) in [5.74, 6) is 0.313. The Morgan fingerprint density at radius 3 is 2.85 bits per heavy atom. The topological polar surface area (TPSA) is 32.3 Å². The zero-order valence-corrected chi connectivity index (χ0v) is 12.3. The van der Waals surface area contributed by atoms with E-state index in [0.29, 0.717) is 11.9 Å². The van der Waals surface area contributed by atoms with Gasteiger partial charge in [0.15, 0.2) is 0 Å². The van der Waals surface area contributed by atoms with Crippen molar-refractivity contribution in [1.29, 1.82) is 0 Å². The Labute approximate surface area is 121 Å². The standard InChI is InChI=1S/C17H24N2O/c1-17(10-6-11-18-17)16(20)19-12-5-9-15(19)13-14-7-3-2-4-8-14/h2-4,7-8,15,18H,5-6,9-13H2,1H3. The highest BCUT2D eigenvalue weighted by Gasteiger charge is 2.42. The van der Waals surface area contributed by atoms with Gasteiger partial charge in [0.25, 0.3) is 0 Å². The fourth-order valence-corrected chi connectivity index (χ4v) is 3.60. The molecule has 0 bridgehead atoms. The molecule has 0 radical (unpaired) electrons. The number of nitrogens with one attached hydrogen (secondary N) is 1. The Morgan fingerprint density at radius 1 is 1.35 bits per heavy atom. The van der Waals surface area contributed by atoms with Crippen LogP contribution in [0.2, 0.25) is 0 Å². The fraction of sp³-hybridized carbons (Fsp3) is 0.588. The lowest BCUT2D eigenvalue weighted by molar-refractivity contribution is -0.138. The fourth-order valence-electron chi connectivity index (χ4n) is 3.60. The highest BCUT2D eigenvalue weighted by Crippen LogP contribution is 2.28. The third-order valence-electron chi connectivity index (χ3n) is 4.79.